The van der Waals surface area contributed by atoms with Gasteiger partial charge < -0.3 is 15.2 Å². The molecule has 120 valence electrons. The molecule has 24 heavy (non-hydrogen) atoms. The van der Waals surface area contributed by atoms with Gasteiger partial charge in [-0.25, -0.2) is 9.78 Å². The zero-order valence-electron chi connectivity index (χ0n) is 13.1. The van der Waals surface area contributed by atoms with E-state index < -0.39 is 0 Å². The summed E-state index contributed by atoms with van der Waals surface area (Å²) in [7, 11) is 1.78. The van der Waals surface area contributed by atoms with Crippen LogP contribution in [0.25, 0.3) is 21.1 Å². The summed E-state index contributed by atoms with van der Waals surface area (Å²) in [5, 5.41) is 4.89. The first-order valence-electron chi connectivity index (χ1n) is 7.63. The lowest BCUT2D eigenvalue weighted by atomic mass is 10.2. The molecule has 0 aliphatic rings. The number of fused-ring (bicyclic) bond motifs is 2. The monoisotopic (exact) mass is 336 g/mol. The molecule has 4 aromatic rings. The van der Waals surface area contributed by atoms with Gasteiger partial charge in [0.1, 0.15) is 5.01 Å². The Bertz CT molecular complexity index is 987. The summed E-state index contributed by atoms with van der Waals surface area (Å²) < 4.78 is 1.14. The van der Waals surface area contributed by atoms with E-state index in [1.165, 1.54) is 0 Å². The molecule has 0 radical (unpaired) electrons. The van der Waals surface area contributed by atoms with Crippen LogP contribution in [0.1, 0.15) is 5.01 Å². The number of aromatic nitrogens is 2. The summed E-state index contributed by atoms with van der Waals surface area (Å²) in [4.78, 5) is 21.8. The minimum atomic E-state index is -0.150. The van der Waals surface area contributed by atoms with Crippen LogP contribution in [-0.2, 0) is 6.54 Å². The van der Waals surface area contributed by atoms with Gasteiger partial charge in [-0.1, -0.05) is 18.2 Å². The zero-order chi connectivity index (χ0) is 16.5. The molecule has 0 saturated heterocycles. The van der Waals surface area contributed by atoms with Gasteiger partial charge in [0.2, 0.25) is 0 Å². The molecule has 2 amide bonds. The number of carbonyl (C=O) groups excluding carboxylic acids is 1. The number of carbonyl (C=O) groups is 1. The number of hydrogen-bond acceptors (Lipinski definition) is 3. The largest absolute Gasteiger partial charge is 0.361 e. The molecule has 2 aromatic heterocycles. The number of nitrogens with zero attached hydrogens (tertiary/aromatic N) is 2. The van der Waals surface area contributed by atoms with E-state index in [0.717, 1.165) is 31.8 Å². The number of benzene rings is 2. The molecule has 0 fully saturated rings. The number of urea groups is 1. The first kappa shape index (κ1) is 14.7. The Labute approximate surface area is 142 Å². The van der Waals surface area contributed by atoms with E-state index in [1.54, 1.807) is 23.3 Å². The van der Waals surface area contributed by atoms with Crippen LogP contribution in [0.3, 0.4) is 0 Å². The highest BCUT2D eigenvalue weighted by molar-refractivity contribution is 7.18. The van der Waals surface area contributed by atoms with Crippen molar-refractivity contribution in [2.45, 2.75) is 6.54 Å². The van der Waals surface area contributed by atoms with Crippen molar-refractivity contribution in [3.63, 3.8) is 0 Å². The summed E-state index contributed by atoms with van der Waals surface area (Å²) in [6.07, 6.45) is 1.87. The van der Waals surface area contributed by atoms with E-state index in [-0.39, 0.29) is 6.03 Å². The topological polar surface area (TPSA) is 61.0 Å². The Morgan fingerprint density at radius 2 is 2.08 bits per heavy atom. The molecule has 2 N–H and O–H groups in total. The maximum atomic E-state index is 12.5. The predicted octanol–water partition coefficient (Wildman–Crippen LogP) is 4.44. The van der Waals surface area contributed by atoms with Gasteiger partial charge in [-0.2, -0.15) is 0 Å². The highest BCUT2D eigenvalue weighted by atomic mass is 32.1. The van der Waals surface area contributed by atoms with E-state index in [1.807, 2.05) is 54.7 Å². The van der Waals surface area contributed by atoms with Crippen LogP contribution >= 0.6 is 11.3 Å². The summed E-state index contributed by atoms with van der Waals surface area (Å²) >= 11 is 1.62. The van der Waals surface area contributed by atoms with Crippen LogP contribution in [0.4, 0.5) is 10.5 Å². The molecule has 4 rings (SSSR count). The number of H-pyrrole nitrogens is 1. The van der Waals surface area contributed by atoms with Crippen LogP contribution < -0.4 is 5.32 Å². The van der Waals surface area contributed by atoms with Crippen molar-refractivity contribution in [3.05, 3.63) is 59.7 Å². The van der Waals surface area contributed by atoms with Crippen molar-refractivity contribution < 1.29 is 4.79 Å². The second kappa shape index (κ2) is 5.98. The molecule has 0 saturated carbocycles. The summed E-state index contributed by atoms with van der Waals surface area (Å²) in [5.41, 5.74) is 2.78. The number of amides is 2. The minimum absolute atomic E-state index is 0.150. The number of para-hydroxylation sites is 1. The number of aromatic amines is 1. The van der Waals surface area contributed by atoms with Gasteiger partial charge in [0.05, 0.1) is 22.4 Å². The number of nitrogens with one attached hydrogen (secondary N) is 2. The summed E-state index contributed by atoms with van der Waals surface area (Å²) in [6.45, 7) is 0.480. The van der Waals surface area contributed by atoms with Crippen LogP contribution in [0.2, 0.25) is 0 Å². The Hall–Kier alpha value is -2.86. The molecule has 0 aliphatic carbocycles. The van der Waals surface area contributed by atoms with E-state index in [4.69, 9.17) is 0 Å². The average molecular weight is 336 g/mol. The SMILES string of the molecule is CN(Cc1nc2ccccc2s1)C(=O)Nc1cccc2[nH]ccc12. The third-order valence-electron chi connectivity index (χ3n) is 3.89. The van der Waals surface area contributed by atoms with Gasteiger partial charge >= 0.3 is 6.03 Å². The molecule has 2 aromatic carbocycles. The number of anilines is 1. The molecular formula is C18H16N4OS. The molecule has 0 atom stereocenters. The van der Waals surface area contributed by atoms with Gasteiger partial charge in [0.15, 0.2) is 0 Å². The second-order valence-electron chi connectivity index (χ2n) is 5.61. The molecule has 5 nitrogen and oxygen atoms in total. The third kappa shape index (κ3) is 2.72. The molecule has 0 bridgehead atoms. The Kier molecular flexibility index (Phi) is 3.66. The van der Waals surface area contributed by atoms with E-state index in [2.05, 4.69) is 15.3 Å². The fraction of sp³-hybridized carbons (Fsp3) is 0.111. The van der Waals surface area contributed by atoms with E-state index in [0.29, 0.717) is 6.54 Å². The van der Waals surface area contributed by atoms with E-state index in [9.17, 15) is 4.79 Å². The van der Waals surface area contributed by atoms with Crippen molar-refractivity contribution in [1.29, 1.82) is 0 Å². The zero-order valence-corrected chi connectivity index (χ0v) is 13.9. The smallest absolute Gasteiger partial charge is 0.321 e. The minimum Gasteiger partial charge on any atom is -0.361 e. The normalized spacial score (nSPS) is 11.0. The van der Waals surface area contributed by atoms with Gasteiger partial charge in [0.25, 0.3) is 0 Å². The summed E-state index contributed by atoms with van der Waals surface area (Å²) in [5.74, 6) is 0. The maximum Gasteiger partial charge on any atom is 0.321 e. The van der Waals surface area contributed by atoms with Crippen molar-refractivity contribution in [2.24, 2.45) is 0 Å². The Balaban J connectivity index is 1.50. The number of rotatable bonds is 3. The maximum absolute atomic E-state index is 12.5. The highest BCUT2D eigenvalue weighted by Gasteiger charge is 2.13. The fourth-order valence-corrected chi connectivity index (χ4v) is 3.69. The van der Waals surface area contributed by atoms with Gasteiger partial charge in [-0.3, -0.25) is 0 Å². The molecule has 0 spiro atoms. The van der Waals surface area contributed by atoms with Crippen LogP contribution in [0, 0.1) is 0 Å². The number of thiazole rings is 1. The predicted molar refractivity (Wildman–Crippen MR) is 98.4 cm³/mol. The van der Waals surface area contributed by atoms with Gasteiger partial charge in [0, 0.05) is 24.1 Å². The molecule has 2 heterocycles. The molecular weight excluding hydrogens is 320 g/mol. The lowest BCUT2D eigenvalue weighted by Crippen LogP contribution is -2.30. The van der Waals surface area contributed by atoms with E-state index >= 15 is 0 Å². The van der Waals surface area contributed by atoms with Crippen molar-refractivity contribution >= 4 is 44.2 Å². The first-order chi connectivity index (χ1) is 11.7. The van der Waals surface area contributed by atoms with Crippen molar-refractivity contribution in [3.8, 4) is 0 Å². The van der Waals surface area contributed by atoms with Crippen LogP contribution in [-0.4, -0.2) is 27.9 Å². The third-order valence-corrected chi connectivity index (χ3v) is 4.92. The van der Waals surface area contributed by atoms with Gasteiger partial charge in [-0.15, -0.1) is 11.3 Å². The molecule has 6 heteroatoms. The highest BCUT2D eigenvalue weighted by Crippen LogP contribution is 2.24. The fourth-order valence-electron chi connectivity index (χ4n) is 2.67. The summed E-state index contributed by atoms with van der Waals surface area (Å²) in [6, 6.07) is 15.6. The van der Waals surface area contributed by atoms with Crippen LogP contribution in [0.5, 0.6) is 0 Å². The van der Waals surface area contributed by atoms with Crippen LogP contribution in [0.15, 0.2) is 54.7 Å². The molecule has 0 unspecified atom stereocenters. The quantitative estimate of drug-likeness (QED) is 0.581. The second-order valence-corrected chi connectivity index (χ2v) is 6.72. The van der Waals surface area contributed by atoms with Crippen molar-refractivity contribution in [1.82, 2.24) is 14.9 Å². The average Bonchev–Trinajstić information content (AvgIpc) is 3.20. The Morgan fingerprint density at radius 3 is 2.96 bits per heavy atom. The number of hydrogen-bond donors (Lipinski definition) is 2. The first-order valence-corrected chi connectivity index (χ1v) is 8.45. The molecule has 0 aliphatic heterocycles. The van der Waals surface area contributed by atoms with Gasteiger partial charge in [-0.05, 0) is 30.3 Å². The standard InChI is InChI=1S/C18H16N4OS/c1-22(11-17-20-15-5-2-3-8-16(15)24-17)18(23)21-14-7-4-6-13-12(14)9-10-19-13/h2-10,19H,11H2,1H3,(H,21,23). The lowest BCUT2D eigenvalue weighted by molar-refractivity contribution is 0.220. The lowest BCUT2D eigenvalue weighted by Gasteiger charge is -2.17. The Morgan fingerprint density at radius 1 is 1.21 bits per heavy atom. The van der Waals surface area contributed by atoms with Crippen molar-refractivity contribution in [2.75, 3.05) is 12.4 Å².